The molecule has 1 N–H and O–H groups in total. The van der Waals surface area contributed by atoms with Crippen LogP contribution in [0, 0.1) is 0 Å². The van der Waals surface area contributed by atoms with Crippen molar-refractivity contribution in [2.24, 2.45) is 0 Å². The fourth-order valence-corrected chi connectivity index (χ4v) is 2.42. The molecule has 90 valence electrons. The second-order valence-electron chi connectivity index (χ2n) is 3.88. The maximum Gasteiger partial charge on any atom is 0.138 e. The number of rotatable bonds is 1. The van der Waals surface area contributed by atoms with Crippen LogP contribution in [0.1, 0.15) is 0 Å². The van der Waals surface area contributed by atoms with Crippen molar-refractivity contribution in [3.8, 4) is 11.4 Å². The van der Waals surface area contributed by atoms with E-state index in [1.54, 1.807) is 12.1 Å². The van der Waals surface area contributed by atoms with Crippen molar-refractivity contribution in [2.75, 3.05) is 0 Å². The topological polar surface area (TPSA) is 28.7 Å². The summed E-state index contributed by atoms with van der Waals surface area (Å²) < 4.78 is 1.01. The first-order chi connectivity index (χ1) is 8.63. The number of halogens is 3. The van der Waals surface area contributed by atoms with E-state index in [2.05, 4.69) is 25.9 Å². The second kappa shape index (κ2) is 4.57. The summed E-state index contributed by atoms with van der Waals surface area (Å²) in [5.41, 5.74) is 2.81. The molecule has 5 heteroatoms. The fraction of sp³-hybridized carbons (Fsp3) is 0. The van der Waals surface area contributed by atoms with Crippen LogP contribution in [0.4, 0.5) is 0 Å². The Hall–Kier alpha value is -1.03. The molecule has 2 aromatic carbocycles. The zero-order valence-corrected chi connectivity index (χ0v) is 12.1. The minimum atomic E-state index is 0.524. The van der Waals surface area contributed by atoms with Crippen molar-refractivity contribution < 1.29 is 0 Å². The molecular formula is C13H7BrCl2N2. The molecule has 0 aliphatic rings. The van der Waals surface area contributed by atoms with Gasteiger partial charge in [0.2, 0.25) is 0 Å². The van der Waals surface area contributed by atoms with Gasteiger partial charge in [0.15, 0.2) is 0 Å². The van der Waals surface area contributed by atoms with Gasteiger partial charge >= 0.3 is 0 Å². The number of fused-ring (bicyclic) bond motifs is 1. The number of hydrogen-bond donors (Lipinski definition) is 1. The molecule has 1 heterocycles. The number of H-pyrrole nitrogens is 1. The summed E-state index contributed by atoms with van der Waals surface area (Å²) in [5.74, 6) is 0.779. The molecule has 3 aromatic rings. The van der Waals surface area contributed by atoms with Crippen LogP contribution in [0.2, 0.25) is 10.0 Å². The van der Waals surface area contributed by atoms with Crippen LogP contribution < -0.4 is 0 Å². The molecule has 0 amide bonds. The van der Waals surface area contributed by atoms with E-state index in [0.717, 1.165) is 26.9 Å². The average molecular weight is 342 g/mol. The van der Waals surface area contributed by atoms with Crippen LogP contribution >= 0.6 is 39.1 Å². The SMILES string of the molecule is Clc1ccc(-c2nc3ccc(Br)cc3[nH]2)cc1Cl. The van der Waals surface area contributed by atoms with Gasteiger partial charge in [-0.15, -0.1) is 0 Å². The Bertz CT molecular complexity index is 737. The van der Waals surface area contributed by atoms with Crippen LogP contribution in [0.3, 0.4) is 0 Å². The number of aromatic amines is 1. The molecule has 1 aromatic heterocycles. The van der Waals surface area contributed by atoms with E-state index in [-0.39, 0.29) is 0 Å². The van der Waals surface area contributed by atoms with Crippen LogP contribution in [-0.4, -0.2) is 9.97 Å². The van der Waals surface area contributed by atoms with Gasteiger partial charge in [0.05, 0.1) is 21.1 Å². The largest absolute Gasteiger partial charge is 0.338 e. The Kier molecular flexibility index (Phi) is 3.06. The molecule has 0 aliphatic carbocycles. The Morgan fingerprint density at radius 3 is 2.61 bits per heavy atom. The van der Waals surface area contributed by atoms with Gasteiger partial charge in [-0.25, -0.2) is 4.98 Å². The number of nitrogens with zero attached hydrogens (tertiary/aromatic N) is 1. The van der Waals surface area contributed by atoms with Crippen molar-refractivity contribution in [3.63, 3.8) is 0 Å². The maximum atomic E-state index is 6.01. The number of aromatic nitrogens is 2. The van der Waals surface area contributed by atoms with Crippen LogP contribution in [-0.2, 0) is 0 Å². The Morgan fingerprint density at radius 1 is 1.00 bits per heavy atom. The molecular weight excluding hydrogens is 335 g/mol. The van der Waals surface area contributed by atoms with Gasteiger partial charge in [-0.1, -0.05) is 39.1 Å². The predicted molar refractivity (Wildman–Crippen MR) is 79.2 cm³/mol. The lowest BCUT2D eigenvalue weighted by molar-refractivity contribution is 1.34. The van der Waals surface area contributed by atoms with E-state index in [4.69, 9.17) is 23.2 Å². The highest BCUT2D eigenvalue weighted by molar-refractivity contribution is 9.10. The highest BCUT2D eigenvalue weighted by Gasteiger charge is 2.07. The Labute approximate surface area is 122 Å². The van der Waals surface area contributed by atoms with Gasteiger partial charge < -0.3 is 4.98 Å². The summed E-state index contributed by atoms with van der Waals surface area (Å²) in [4.78, 5) is 7.77. The molecule has 0 atom stereocenters. The molecule has 0 bridgehead atoms. The van der Waals surface area contributed by atoms with Crippen LogP contribution in [0.5, 0.6) is 0 Å². The summed E-state index contributed by atoms with van der Waals surface area (Å²) in [6.07, 6.45) is 0. The van der Waals surface area contributed by atoms with E-state index in [1.165, 1.54) is 0 Å². The van der Waals surface area contributed by atoms with E-state index >= 15 is 0 Å². The third-order valence-corrected chi connectivity index (χ3v) is 3.87. The molecule has 0 radical (unpaired) electrons. The highest BCUT2D eigenvalue weighted by Crippen LogP contribution is 2.28. The summed E-state index contributed by atoms with van der Waals surface area (Å²) in [5, 5.41) is 1.06. The Balaban J connectivity index is 2.16. The minimum absolute atomic E-state index is 0.524. The fourth-order valence-electron chi connectivity index (χ4n) is 1.76. The van der Waals surface area contributed by atoms with Crippen LogP contribution in [0.15, 0.2) is 40.9 Å². The summed E-state index contributed by atoms with van der Waals surface area (Å²) in [6, 6.07) is 11.4. The molecule has 0 aliphatic heterocycles. The van der Waals surface area contributed by atoms with Crippen molar-refractivity contribution in [3.05, 3.63) is 50.9 Å². The van der Waals surface area contributed by atoms with Gasteiger partial charge in [-0.05, 0) is 36.4 Å². The molecule has 0 unspecified atom stereocenters. The third-order valence-electron chi connectivity index (χ3n) is 2.64. The maximum absolute atomic E-state index is 6.01. The number of imidazole rings is 1. The standard InChI is InChI=1S/C13H7BrCl2N2/c14-8-2-4-11-12(6-8)18-13(17-11)7-1-3-9(15)10(16)5-7/h1-6H,(H,17,18). The lowest BCUT2D eigenvalue weighted by atomic mass is 10.2. The van der Waals surface area contributed by atoms with Crippen molar-refractivity contribution in [1.29, 1.82) is 0 Å². The van der Waals surface area contributed by atoms with E-state index in [1.807, 2.05) is 24.3 Å². The molecule has 18 heavy (non-hydrogen) atoms. The van der Waals surface area contributed by atoms with Gasteiger partial charge in [0, 0.05) is 10.0 Å². The Morgan fingerprint density at radius 2 is 1.83 bits per heavy atom. The lowest BCUT2D eigenvalue weighted by Gasteiger charge is -1.99. The zero-order valence-electron chi connectivity index (χ0n) is 9.05. The molecule has 0 saturated heterocycles. The summed E-state index contributed by atoms with van der Waals surface area (Å²) in [6.45, 7) is 0. The van der Waals surface area contributed by atoms with Gasteiger partial charge in [-0.2, -0.15) is 0 Å². The highest BCUT2D eigenvalue weighted by atomic mass is 79.9. The smallest absolute Gasteiger partial charge is 0.138 e. The van der Waals surface area contributed by atoms with Gasteiger partial charge in [0.1, 0.15) is 5.82 Å². The summed E-state index contributed by atoms with van der Waals surface area (Å²) >= 11 is 15.3. The minimum Gasteiger partial charge on any atom is -0.338 e. The second-order valence-corrected chi connectivity index (χ2v) is 5.61. The number of hydrogen-bond acceptors (Lipinski definition) is 1. The molecule has 0 spiro atoms. The average Bonchev–Trinajstić information content (AvgIpc) is 2.75. The molecule has 0 fully saturated rings. The lowest BCUT2D eigenvalue weighted by Crippen LogP contribution is -1.80. The first-order valence-electron chi connectivity index (χ1n) is 5.24. The third kappa shape index (κ3) is 2.14. The van der Waals surface area contributed by atoms with Gasteiger partial charge in [0.25, 0.3) is 0 Å². The van der Waals surface area contributed by atoms with Crippen molar-refractivity contribution >= 4 is 50.2 Å². The molecule has 3 rings (SSSR count). The zero-order chi connectivity index (χ0) is 12.7. The quantitative estimate of drug-likeness (QED) is 0.639. The summed E-state index contributed by atoms with van der Waals surface area (Å²) in [7, 11) is 0. The number of nitrogens with one attached hydrogen (secondary N) is 1. The monoisotopic (exact) mass is 340 g/mol. The number of benzene rings is 2. The van der Waals surface area contributed by atoms with E-state index in [0.29, 0.717) is 10.0 Å². The first-order valence-corrected chi connectivity index (χ1v) is 6.79. The predicted octanol–water partition coefficient (Wildman–Crippen LogP) is 5.30. The van der Waals surface area contributed by atoms with Crippen LogP contribution in [0.25, 0.3) is 22.4 Å². The first kappa shape index (κ1) is 12.0. The van der Waals surface area contributed by atoms with Gasteiger partial charge in [-0.3, -0.25) is 0 Å². The normalized spacial score (nSPS) is 11.1. The van der Waals surface area contributed by atoms with E-state index in [9.17, 15) is 0 Å². The van der Waals surface area contributed by atoms with E-state index < -0.39 is 0 Å². The van der Waals surface area contributed by atoms with Crippen molar-refractivity contribution in [1.82, 2.24) is 9.97 Å². The molecule has 0 saturated carbocycles. The van der Waals surface area contributed by atoms with Crippen molar-refractivity contribution in [2.45, 2.75) is 0 Å². The molecule has 2 nitrogen and oxygen atoms in total.